The highest BCUT2D eigenvalue weighted by Crippen LogP contribution is 2.17. The third-order valence-electron chi connectivity index (χ3n) is 4.11. The van der Waals surface area contributed by atoms with Gasteiger partial charge in [-0.2, -0.15) is 0 Å². The second-order valence-electron chi connectivity index (χ2n) is 5.78. The average Bonchev–Trinajstić information content (AvgIpc) is 2.64. The Kier molecular flexibility index (Phi) is 5.56. The first kappa shape index (κ1) is 17.3. The molecule has 4 nitrogen and oxygen atoms in total. The highest BCUT2D eigenvalue weighted by molar-refractivity contribution is 6.30. The summed E-state index contributed by atoms with van der Waals surface area (Å²) in [6, 6.07) is 13.7. The second kappa shape index (κ2) is 8.03. The van der Waals surface area contributed by atoms with E-state index in [1.807, 2.05) is 18.2 Å². The molecule has 0 unspecified atom stereocenters. The van der Waals surface area contributed by atoms with Crippen LogP contribution in [-0.2, 0) is 0 Å². The van der Waals surface area contributed by atoms with Gasteiger partial charge in [0, 0.05) is 43.1 Å². The third-order valence-corrected chi connectivity index (χ3v) is 4.36. The molecule has 1 aliphatic rings. The number of urea groups is 1. The lowest BCUT2D eigenvalue weighted by Gasteiger charge is -2.35. The Bertz CT molecular complexity index is 738. The predicted molar refractivity (Wildman–Crippen MR) is 99.2 cm³/mol. The number of carbonyl (C=O) groups is 1. The molecule has 6 heteroatoms. The zero-order valence-corrected chi connectivity index (χ0v) is 14.4. The number of amides is 2. The van der Waals surface area contributed by atoms with Gasteiger partial charge < -0.3 is 15.1 Å². The van der Waals surface area contributed by atoms with E-state index in [1.54, 1.807) is 35.4 Å². The summed E-state index contributed by atoms with van der Waals surface area (Å²) in [5.74, 6) is -0.241. The standard InChI is InChI=1S/C19H19ClFN3O/c20-16-3-1-15(2-4-16)9-10-22-19(25)24-13-11-23(12-14-24)18-7-5-17(21)6-8-18/h1-10H,11-14H2,(H,22,25)/b10-9+. The summed E-state index contributed by atoms with van der Waals surface area (Å²) >= 11 is 5.84. The molecule has 2 amide bonds. The Balaban J connectivity index is 1.48. The van der Waals surface area contributed by atoms with Crippen molar-refractivity contribution >= 4 is 29.4 Å². The quantitative estimate of drug-likeness (QED) is 0.899. The molecule has 1 heterocycles. The molecule has 0 aromatic heterocycles. The Hall–Kier alpha value is -2.53. The normalized spacial score (nSPS) is 14.8. The van der Waals surface area contributed by atoms with Gasteiger partial charge in [-0.3, -0.25) is 0 Å². The van der Waals surface area contributed by atoms with E-state index in [-0.39, 0.29) is 11.8 Å². The van der Waals surface area contributed by atoms with Crippen molar-refractivity contribution in [1.82, 2.24) is 10.2 Å². The Morgan fingerprint density at radius 1 is 1.00 bits per heavy atom. The lowest BCUT2D eigenvalue weighted by Crippen LogP contribution is -2.51. The summed E-state index contributed by atoms with van der Waals surface area (Å²) in [5.41, 5.74) is 1.94. The molecule has 0 radical (unpaired) electrons. The van der Waals surface area contributed by atoms with Crippen LogP contribution in [-0.4, -0.2) is 37.1 Å². The number of anilines is 1. The van der Waals surface area contributed by atoms with Gasteiger partial charge in [0.1, 0.15) is 5.82 Å². The molecule has 1 saturated heterocycles. The third kappa shape index (κ3) is 4.73. The van der Waals surface area contributed by atoms with Crippen molar-refractivity contribution in [3.63, 3.8) is 0 Å². The number of nitrogens with zero attached hydrogens (tertiary/aromatic N) is 2. The van der Waals surface area contributed by atoms with Crippen LogP contribution in [0.2, 0.25) is 5.02 Å². The summed E-state index contributed by atoms with van der Waals surface area (Å²) in [5, 5.41) is 3.46. The van der Waals surface area contributed by atoms with E-state index in [9.17, 15) is 9.18 Å². The maximum Gasteiger partial charge on any atom is 0.321 e. The monoisotopic (exact) mass is 359 g/mol. The topological polar surface area (TPSA) is 35.6 Å². The number of benzene rings is 2. The second-order valence-corrected chi connectivity index (χ2v) is 6.22. The largest absolute Gasteiger partial charge is 0.368 e. The first-order valence-electron chi connectivity index (χ1n) is 8.10. The van der Waals surface area contributed by atoms with Crippen LogP contribution >= 0.6 is 11.6 Å². The molecule has 1 aliphatic heterocycles. The highest BCUT2D eigenvalue weighted by atomic mass is 35.5. The van der Waals surface area contributed by atoms with Crippen molar-refractivity contribution < 1.29 is 9.18 Å². The van der Waals surface area contributed by atoms with Crippen molar-refractivity contribution in [3.8, 4) is 0 Å². The zero-order chi connectivity index (χ0) is 17.6. The minimum absolute atomic E-state index is 0.121. The van der Waals surface area contributed by atoms with Gasteiger partial charge in [0.05, 0.1) is 0 Å². The van der Waals surface area contributed by atoms with E-state index < -0.39 is 0 Å². The van der Waals surface area contributed by atoms with Crippen LogP contribution in [0.5, 0.6) is 0 Å². The molecule has 130 valence electrons. The van der Waals surface area contributed by atoms with Crippen molar-refractivity contribution in [2.75, 3.05) is 31.1 Å². The molecule has 0 atom stereocenters. The molecule has 2 aromatic carbocycles. The van der Waals surface area contributed by atoms with Crippen LogP contribution in [0.15, 0.2) is 54.7 Å². The summed E-state index contributed by atoms with van der Waals surface area (Å²) in [7, 11) is 0. The van der Waals surface area contributed by atoms with Gasteiger partial charge in [0.25, 0.3) is 0 Å². The van der Waals surface area contributed by atoms with Gasteiger partial charge in [-0.05, 0) is 48.0 Å². The fraction of sp³-hybridized carbons (Fsp3) is 0.211. The van der Waals surface area contributed by atoms with Gasteiger partial charge >= 0.3 is 6.03 Å². The van der Waals surface area contributed by atoms with Crippen LogP contribution in [0.4, 0.5) is 14.9 Å². The molecule has 25 heavy (non-hydrogen) atoms. The van der Waals surface area contributed by atoms with Crippen LogP contribution in [0.25, 0.3) is 6.08 Å². The van der Waals surface area contributed by atoms with Gasteiger partial charge in [-0.25, -0.2) is 9.18 Å². The summed E-state index contributed by atoms with van der Waals surface area (Å²) < 4.78 is 13.0. The number of piperazine rings is 1. The van der Waals surface area contributed by atoms with E-state index in [2.05, 4.69) is 10.2 Å². The number of hydrogen-bond acceptors (Lipinski definition) is 2. The van der Waals surface area contributed by atoms with E-state index in [0.717, 1.165) is 24.3 Å². The molecule has 0 saturated carbocycles. The molecule has 1 N–H and O–H groups in total. The fourth-order valence-electron chi connectivity index (χ4n) is 2.69. The van der Waals surface area contributed by atoms with Gasteiger partial charge in [0.2, 0.25) is 0 Å². The number of nitrogens with one attached hydrogen (secondary N) is 1. The SMILES string of the molecule is O=C(N/C=C/c1ccc(Cl)cc1)N1CCN(c2ccc(F)cc2)CC1. The maximum atomic E-state index is 13.0. The molecule has 3 rings (SSSR count). The molecular formula is C19H19ClFN3O. The smallest absolute Gasteiger partial charge is 0.321 e. The van der Waals surface area contributed by atoms with Gasteiger partial charge in [0.15, 0.2) is 0 Å². The first-order valence-corrected chi connectivity index (χ1v) is 8.48. The van der Waals surface area contributed by atoms with Gasteiger partial charge in [-0.1, -0.05) is 23.7 Å². The number of carbonyl (C=O) groups excluding carboxylic acids is 1. The molecular weight excluding hydrogens is 341 g/mol. The molecule has 0 bridgehead atoms. The molecule has 0 spiro atoms. The summed E-state index contributed by atoms with van der Waals surface area (Å²) in [4.78, 5) is 16.1. The number of hydrogen-bond donors (Lipinski definition) is 1. The lowest BCUT2D eigenvalue weighted by molar-refractivity contribution is 0.198. The van der Waals surface area contributed by atoms with Crippen molar-refractivity contribution in [2.45, 2.75) is 0 Å². The van der Waals surface area contributed by atoms with Gasteiger partial charge in [-0.15, -0.1) is 0 Å². The number of rotatable bonds is 3. The van der Waals surface area contributed by atoms with Crippen molar-refractivity contribution in [1.29, 1.82) is 0 Å². The van der Waals surface area contributed by atoms with Crippen LogP contribution < -0.4 is 10.2 Å². The average molecular weight is 360 g/mol. The number of halogens is 2. The van der Waals surface area contributed by atoms with Crippen molar-refractivity contribution in [2.24, 2.45) is 0 Å². The first-order chi connectivity index (χ1) is 12.1. The lowest BCUT2D eigenvalue weighted by atomic mass is 10.2. The Morgan fingerprint density at radius 2 is 1.64 bits per heavy atom. The minimum Gasteiger partial charge on any atom is -0.368 e. The molecule has 1 fully saturated rings. The van der Waals surface area contributed by atoms with E-state index in [0.29, 0.717) is 18.1 Å². The Morgan fingerprint density at radius 3 is 2.28 bits per heavy atom. The predicted octanol–water partition coefficient (Wildman–Crippen LogP) is 3.98. The van der Waals surface area contributed by atoms with Crippen molar-refractivity contribution in [3.05, 3.63) is 71.1 Å². The fourth-order valence-corrected chi connectivity index (χ4v) is 2.82. The molecule has 0 aliphatic carbocycles. The minimum atomic E-state index is -0.241. The van der Waals surface area contributed by atoms with E-state index in [4.69, 9.17) is 11.6 Å². The summed E-state index contributed by atoms with van der Waals surface area (Å²) in [6.07, 6.45) is 3.46. The van der Waals surface area contributed by atoms with E-state index >= 15 is 0 Å². The Labute approximate surface area is 151 Å². The highest BCUT2D eigenvalue weighted by Gasteiger charge is 2.20. The van der Waals surface area contributed by atoms with Crippen LogP contribution in [0, 0.1) is 5.82 Å². The zero-order valence-electron chi connectivity index (χ0n) is 13.7. The van der Waals surface area contributed by atoms with Crippen LogP contribution in [0.3, 0.4) is 0 Å². The molecule has 2 aromatic rings. The maximum absolute atomic E-state index is 13.0. The summed E-state index contributed by atoms with van der Waals surface area (Å²) in [6.45, 7) is 2.69. The van der Waals surface area contributed by atoms with Crippen LogP contribution in [0.1, 0.15) is 5.56 Å². The van der Waals surface area contributed by atoms with E-state index in [1.165, 1.54) is 12.1 Å².